The zero-order valence-corrected chi connectivity index (χ0v) is 9.67. The Bertz CT molecular complexity index is 133. The van der Waals surface area contributed by atoms with Gasteiger partial charge in [-0.05, 0) is 19.4 Å². The van der Waals surface area contributed by atoms with E-state index in [4.69, 9.17) is 4.74 Å². The van der Waals surface area contributed by atoms with Gasteiger partial charge in [0, 0.05) is 46.4 Å². The summed E-state index contributed by atoms with van der Waals surface area (Å²) in [5.41, 5.74) is 0. The van der Waals surface area contributed by atoms with Gasteiger partial charge in [-0.3, -0.25) is 0 Å². The summed E-state index contributed by atoms with van der Waals surface area (Å²) < 4.78 is 5.06. The topological polar surface area (TPSA) is 15.7 Å². The van der Waals surface area contributed by atoms with Gasteiger partial charge in [-0.15, -0.1) is 0 Å². The Morgan fingerprint density at radius 3 is 2.07 bits per heavy atom. The van der Waals surface area contributed by atoms with Gasteiger partial charge in [-0.25, -0.2) is 0 Å². The summed E-state index contributed by atoms with van der Waals surface area (Å²) in [5, 5.41) is 0. The van der Waals surface area contributed by atoms with E-state index in [1.165, 1.54) is 52.1 Å². The van der Waals surface area contributed by atoms with Gasteiger partial charge in [-0.1, -0.05) is 6.92 Å². The highest BCUT2D eigenvalue weighted by Crippen LogP contribution is 2.02. The number of hydrogen-bond acceptors (Lipinski definition) is 3. The lowest BCUT2D eigenvalue weighted by Gasteiger charge is -2.34. The minimum absolute atomic E-state index is 0.898. The first-order valence-corrected chi connectivity index (χ1v) is 5.80. The molecule has 1 aliphatic rings. The van der Waals surface area contributed by atoms with E-state index in [0.29, 0.717) is 0 Å². The van der Waals surface area contributed by atoms with Crippen LogP contribution in [0.5, 0.6) is 0 Å². The predicted octanol–water partition coefficient (Wildman–Crippen LogP) is 1.05. The molecule has 0 aromatic carbocycles. The van der Waals surface area contributed by atoms with Gasteiger partial charge < -0.3 is 14.5 Å². The molecule has 0 aromatic rings. The average molecular weight is 200 g/mol. The summed E-state index contributed by atoms with van der Waals surface area (Å²) in [6, 6.07) is 0. The monoisotopic (exact) mass is 200 g/mol. The van der Waals surface area contributed by atoms with Crippen LogP contribution in [-0.4, -0.2) is 62.8 Å². The van der Waals surface area contributed by atoms with Crippen LogP contribution in [0.3, 0.4) is 0 Å². The lowest BCUT2D eigenvalue weighted by Crippen LogP contribution is -2.46. The Morgan fingerprint density at radius 2 is 1.57 bits per heavy atom. The Morgan fingerprint density at radius 1 is 1.00 bits per heavy atom. The molecule has 1 fully saturated rings. The highest BCUT2D eigenvalue weighted by Gasteiger charge is 2.14. The van der Waals surface area contributed by atoms with Crippen molar-refractivity contribution >= 4 is 0 Å². The maximum atomic E-state index is 5.06. The van der Waals surface area contributed by atoms with Gasteiger partial charge in [0.1, 0.15) is 0 Å². The van der Waals surface area contributed by atoms with Crippen LogP contribution in [0.25, 0.3) is 0 Å². The highest BCUT2D eigenvalue weighted by atomic mass is 16.5. The maximum absolute atomic E-state index is 5.06. The minimum atomic E-state index is 0.898. The smallest absolute Gasteiger partial charge is 0.0474 e. The van der Waals surface area contributed by atoms with Crippen LogP contribution in [0.2, 0.25) is 0 Å². The molecule has 0 atom stereocenters. The van der Waals surface area contributed by atoms with Crippen LogP contribution in [-0.2, 0) is 4.74 Å². The molecule has 3 heteroatoms. The number of piperazine rings is 1. The SMILES string of the molecule is CCCN1CCN(CCCOC)CC1. The summed E-state index contributed by atoms with van der Waals surface area (Å²) >= 11 is 0. The van der Waals surface area contributed by atoms with E-state index in [1.807, 2.05) is 0 Å². The van der Waals surface area contributed by atoms with Crippen molar-refractivity contribution in [2.24, 2.45) is 0 Å². The maximum Gasteiger partial charge on any atom is 0.0474 e. The molecule has 0 unspecified atom stereocenters. The average Bonchev–Trinajstić information content (AvgIpc) is 2.21. The van der Waals surface area contributed by atoms with Crippen molar-refractivity contribution in [3.63, 3.8) is 0 Å². The molecule has 0 aliphatic carbocycles. The first kappa shape index (κ1) is 12.0. The number of rotatable bonds is 6. The summed E-state index contributed by atoms with van der Waals surface area (Å²) in [6.07, 6.45) is 2.45. The molecule has 1 heterocycles. The normalized spacial score (nSPS) is 20.1. The van der Waals surface area contributed by atoms with Gasteiger partial charge in [0.05, 0.1) is 0 Å². The summed E-state index contributed by atoms with van der Waals surface area (Å²) in [7, 11) is 1.78. The molecule has 14 heavy (non-hydrogen) atoms. The highest BCUT2D eigenvalue weighted by molar-refractivity contribution is 4.71. The second-order valence-electron chi connectivity index (χ2n) is 4.03. The minimum Gasteiger partial charge on any atom is -0.385 e. The van der Waals surface area contributed by atoms with E-state index in [0.717, 1.165) is 6.61 Å². The van der Waals surface area contributed by atoms with Gasteiger partial charge in [0.15, 0.2) is 0 Å². The van der Waals surface area contributed by atoms with Crippen molar-refractivity contribution in [1.29, 1.82) is 0 Å². The fourth-order valence-corrected chi connectivity index (χ4v) is 1.99. The van der Waals surface area contributed by atoms with Crippen molar-refractivity contribution in [1.82, 2.24) is 9.80 Å². The quantitative estimate of drug-likeness (QED) is 0.596. The van der Waals surface area contributed by atoms with Crippen LogP contribution >= 0.6 is 0 Å². The molecule has 0 N–H and O–H groups in total. The van der Waals surface area contributed by atoms with Gasteiger partial charge >= 0.3 is 0 Å². The fraction of sp³-hybridized carbons (Fsp3) is 1.00. The lowest BCUT2D eigenvalue weighted by atomic mass is 10.3. The Hall–Kier alpha value is -0.120. The standard InChI is InChI=1S/C11H24N2O/c1-3-5-12-7-9-13(10-8-12)6-4-11-14-2/h3-11H2,1-2H3. The Balaban J connectivity index is 2.03. The van der Waals surface area contributed by atoms with E-state index in [2.05, 4.69) is 16.7 Å². The van der Waals surface area contributed by atoms with E-state index in [1.54, 1.807) is 7.11 Å². The number of nitrogens with zero attached hydrogens (tertiary/aromatic N) is 2. The molecule has 0 radical (unpaired) electrons. The van der Waals surface area contributed by atoms with Crippen LogP contribution in [0.1, 0.15) is 19.8 Å². The summed E-state index contributed by atoms with van der Waals surface area (Å²) in [4.78, 5) is 5.11. The largest absolute Gasteiger partial charge is 0.385 e. The third kappa shape index (κ3) is 4.40. The van der Waals surface area contributed by atoms with Crippen LogP contribution in [0.4, 0.5) is 0 Å². The molecule has 1 rings (SSSR count). The van der Waals surface area contributed by atoms with E-state index < -0.39 is 0 Å². The molecule has 0 aromatic heterocycles. The lowest BCUT2D eigenvalue weighted by molar-refractivity contribution is 0.117. The third-order valence-electron chi connectivity index (χ3n) is 2.83. The summed E-state index contributed by atoms with van der Waals surface area (Å²) in [5.74, 6) is 0. The van der Waals surface area contributed by atoms with Crippen molar-refractivity contribution in [2.75, 3.05) is 53.0 Å². The third-order valence-corrected chi connectivity index (χ3v) is 2.83. The molecular formula is C11H24N2O. The second kappa shape index (κ2) is 7.21. The van der Waals surface area contributed by atoms with Crippen molar-refractivity contribution in [3.8, 4) is 0 Å². The summed E-state index contributed by atoms with van der Waals surface area (Å²) in [6.45, 7) is 10.6. The molecule has 84 valence electrons. The Kier molecular flexibility index (Phi) is 6.15. The van der Waals surface area contributed by atoms with Crippen LogP contribution in [0, 0.1) is 0 Å². The van der Waals surface area contributed by atoms with Crippen LogP contribution in [0.15, 0.2) is 0 Å². The van der Waals surface area contributed by atoms with Crippen LogP contribution < -0.4 is 0 Å². The van der Waals surface area contributed by atoms with Gasteiger partial charge in [-0.2, -0.15) is 0 Å². The van der Waals surface area contributed by atoms with E-state index in [9.17, 15) is 0 Å². The predicted molar refractivity (Wildman–Crippen MR) is 59.7 cm³/mol. The first-order chi connectivity index (χ1) is 6.86. The Labute approximate surface area is 88.0 Å². The van der Waals surface area contributed by atoms with Gasteiger partial charge in [0.2, 0.25) is 0 Å². The van der Waals surface area contributed by atoms with Crippen molar-refractivity contribution < 1.29 is 4.74 Å². The molecule has 0 spiro atoms. The number of hydrogen-bond donors (Lipinski definition) is 0. The zero-order valence-electron chi connectivity index (χ0n) is 9.67. The molecule has 3 nitrogen and oxygen atoms in total. The number of methoxy groups -OCH3 is 1. The van der Waals surface area contributed by atoms with Gasteiger partial charge in [0.25, 0.3) is 0 Å². The molecular weight excluding hydrogens is 176 g/mol. The van der Waals surface area contributed by atoms with Crippen molar-refractivity contribution in [3.05, 3.63) is 0 Å². The zero-order chi connectivity index (χ0) is 10.2. The first-order valence-electron chi connectivity index (χ1n) is 5.80. The fourth-order valence-electron chi connectivity index (χ4n) is 1.99. The molecule has 0 bridgehead atoms. The van der Waals surface area contributed by atoms with E-state index >= 15 is 0 Å². The van der Waals surface area contributed by atoms with Crippen molar-refractivity contribution in [2.45, 2.75) is 19.8 Å². The number of ether oxygens (including phenoxy) is 1. The van der Waals surface area contributed by atoms with E-state index in [-0.39, 0.29) is 0 Å². The second-order valence-corrected chi connectivity index (χ2v) is 4.03. The molecule has 0 amide bonds. The molecule has 1 aliphatic heterocycles. The molecule has 1 saturated heterocycles. The molecule has 0 saturated carbocycles.